The molecule has 0 unspecified atom stereocenters. The Balaban J connectivity index is 4.46. The molecule has 0 rings (SSSR count). The molecule has 0 saturated carbocycles. The van der Waals surface area contributed by atoms with Crippen molar-refractivity contribution in [2.24, 2.45) is 0 Å². The summed E-state index contributed by atoms with van der Waals surface area (Å²) in [6.07, 6.45) is 10.4. The zero-order valence-electron chi connectivity index (χ0n) is 11.7. The Hall–Kier alpha value is -2.76. The smallest absolute Gasteiger partial charge is 0.305 e. The Morgan fingerprint density at radius 1 is 0.810 bits per heavy atom. The molecule has 0 bridgehead atoms. The summed E-state index contributed by atoms with van der Waals surface area (Å²) in [6.45, 7) is 2.40. The lowest BCUT2D eigenvalue weighted by molar-refractivity contribution is -0.176. The fraction of sp³-hybridized carbons (Fsp3) is 0.200. The third kappa shape index (κ3) is 10.8. The number of allylic oxidation sites excluding steroid dienone is 7. The van der Waals surface area contributed by atoms with Crippen LogP contribution in [0.5, 0.6) is 0 Å². The van der Waals surface area contributed by atoms with Gasteiger partial charge in [-0.2, -0.15) is 0 Å². The molecule has 0 spiro atoms. The van der Waals surface area contributed by atoms with Gasteiger partial charge in [0.2, 0.25) is 0 Å². The maximum Gasteiger partial charge on any atom is 0.305 e. The average Bonchev–Trinajstić information content (AvgIpc) is 2.40. The lowest BCUT2D eigenvalue weighted by Gasteiger charge is -2.11. The summed E-state index contributed by atoms with van der Waals surface area (Å²) in [7, 11) is 0. The lowest BCUT2D eigenvalue weighted by atomic mass is 10.3. The molecule has 0 radical (unpaired) electrons. The molecule has 0 heterocycles. The molecule has 0 aliphatic heterocycles. The third-order valence-electron chi connectivity index (χ3n) is 1.84. The molecule has 6 nitrogen and oxygen atoms in total. The second-order valence-electron chi connectivity index (χ2n) is 3.64. The van der Waals surface area contributed by atoms with Gasteiger partial charge in [-0.15, -0.1) is 0 Å². The summed E-state index contributed by atoms with van der Waals surface area (Å²) < 4.78 is 9.48. The zero-order chi connectivity index (χ0) is 16.1. The number of ether oxygens (including phenoxy) is 2. The van der Waals surface area contributed by atoms with Crippen LogP contribution >= 0.6 is 0 Å². The number of aldehydes is 2. The van der Waals surface area contributed by atoms with E-state index in [0.717, 1.165) is 0 Å². The highest BCUT2D eigenvalue weighted by atomic mass is 16.7. The molecule has 0 aromatic heterocycles. The Labute approximate surface area is 122 Å². The van der Waals surface area contributed by atoms with Crippen LogP contribution in [0.25, 0.3) is 0 Å². The number of hydrogen-bond acceptors (Lipinski definition) is 6. The highest BCUT2D eigenvalue weighted by molar-refractivity contribution is 5.99. The van der Waals surface area contributed by atoms with Gasteiger partial charge in [-0.1, -0.05) is 30.4 Å². The summed E-state index contributed by atoms with van der Waals surface area (Å²) in [4.78, 5) is 42.2. The molecule has 112 valence electrons. The third-order valence-corrected chi connectivity index (χ3v) is 1.84. The van der Waals surface area contributed by atoms with Crippen LogP contribution in [-0.4, -0.2) is 30.8 Å². The molecule has 6 heteroatoms. The normalized spacial score (nSPS) is 11.0. The van der Waals surface area contributed by atoms with Crippen molar-refractivity contribution in [1.82, 2.24) is 0 Å². The van der Waals surface area contributed by atoms with E-state index in [0.29, 0.717) is 12.6 Å². The van der Waals surface area contributed by atoms with E-state index in [1.807, 2.05) is 0 Å². The average molecular weight is 292 g/mol. The molecule has 0 aliphatic rings. The predicted molar refractivity (Wildman–Crippen MR) is 75.0 cm³/mol. The van der Waals surface area contributed by atoms with Crippen molar-refractivity contribution in [3.8, 4) is 0 Å². The van der Waals surface area contributed by atoms with E-state index in [1.165, 1.54) is 38.2 Å². The fourth-order valence-corrected chi connectivity index (χ4v) is 1.05. The van der Waals surface area contributed by atoms with Gasteiger partial charge in [0.05, 0.1) is 5.57 Å². The van der Waals surface area contributed by atoms with E-state index in [4.69, 9.17) is 9.47 Å². The SMILES string of the molecule is CC(=O)OC(/C=C/C=C/C=C/C=C(C=O)C=O)OC(C)=O. The van der Waals surface area contributed by atoms with Crippen LogP contribution in [0.2, 0.25) is 0 Å². The molecule has 0 aromatic rings. The van der Waals surface area contributed by atoms with Gasteiger partial charge >= 0.3 is 11.9 Å². The van der Waals surface area contributed by atoms with Crippen LogP contribution in [0.3, 0.4) is 0 Å². The van der Waals surface area contributed by atoms with Crippen molar-refractivity contribution in [1.29, 1.82) is 0 Å². The van der Waals surface area contributed by atoms with E-state index in [-0.39, 0.29) is 5.57 Å². The Bertz CT molecular complexity index is 470. The van der Waals surface area contributed by atoms with Gasteiger partial charge in [-0.3, -0.25) is 19.2 Å². The highest BCUT2D eigenvalue weighted by Gasteiger charge is 2.10. The van der Waals surface area contributed by atoms with Crippen LogP contribution in [0, 0.1) is 0 Å². The number of esters is 2. The molecule has 0 fully saturated rings. The number of carbonyl (C=O) groups is 4. The summed E-state index contributed by atoms with van der Waals surface area (Å²) in [5.41, 5.74) is 0.0278. The molecule has 0 atom stereocenters. The molecule has 0 N–H and O–H groups in total. The molecule has 0 aromatic carbocycles. The van der Waals surface area contributed by atoms with E-state index in [9.17, 15) is 19.2 Å². The Morgan fingerprint density at radius 2 is 1.29 bits per heavy atom. The minimum absolute atomic E-state index is 0.0278. The van der Waals surface area contributed by atoms with Crippen LogP contribution in [-0.2, 0) is 28.7 Å². The molecule has 21 heavy (non-hydrogen) atoms. The molecule has 0 aliphatic carbocycles. The maximum absolute atomic E-state index is 10.8. The van der Waals surface area contributed by atoms with Gasteiger partial charge in [-0.25, -0.2) is 0 Å². The number of rotatable bonds is 8. The van der Waals surface area contributed by atoms with Gasteiger partial charge in [0.25, 0.3) is 6.29 Å². The molecular weight excluding hydrogens is 276 g/mol. The van der Waals surface area contributed by atoms with Crippen LogP contribution < -0.4 is 0 Å². The maximum atomic E-state index is 10.8. The van der Waals surface area contributed by atoms with E-state index in [2.05, 4.69) is 0 Å². The Morgan fingerprint density at radius 3 is 1.76 bits per heavy atom. The van der Waals surface area contributed by atoms with Crippen molar-refractivity contribution in [3.05, 3.63) is 48.1 Å². The van der Waals surface area contributed by atoms with Crippen molar-refractivity contribution in [3.63, 3.8) is 0 Å². The number of hydrogen-bond donors (Lipinski definition) is 0. The van der Waals surface area contributed by atoms with E-state index < -0.39 is 18.2 Å². The fourth-order valence-electron chi connectivity index (χ4n) is 1.05. The van der Waals surface area contributed by atoms with Crippen molar-refractivity contribution < 1.29 is 28.7 Å². The quantitative estimate of drug-likeness (QED) is 0.128. The van der Waals surface area contributed by atoms with E-state index in [1.54, 1.807) is 18.2 Å². The topological polar surface area (TPSA) is 86.7 Å². The molecule has 0 saturated heterocycles. The predicted octanol–water partition coefficient (Wildman–Crippen LogP) is 1.43. The Kier molecular flexibility index (Phi) is 9.64. The molecule has 0 amide bonds. The largest absolute Gasteiger partial charge is 0.421 e. The van der Waals surface area contributed by atoms with Gasteiger partial charge in [-0.05, 0) is 12.2 Å². The first kappa shape index (κ1) is 18.2. The minimum Gasteiger partial charge on any atom is -0.421 e. The van der Waals surface area contributed by atoms with Gasteiger partial charge in [0.15, 0.2) is 12.6 Å². The van der Waals surface area contributed by atoms with Crippen molar-refractivity contribution in [2.75, 3.05) is 0 Å². The van der Waals surface area contributed by atoms with Crippen molar-refractivity contribution >= 4 is 24.5 Å². The van der Waals surface area contributed by atoms with E-state index >= 15 is 0 Å². The van der Waals surface area contributed by atoms with Crippen LogP contribution in [0.15, 0.2) is 48.1 Å². The van der Waals surface area contributed by atoms with Gasteiger partial charge in [0, 0.05) is 13.8 Å². The second kappa shape index (κ2) is 11.1. The highest BCUT2D eigenvalue weighted by Crippen LogP contribution is 1.99. The van der Waals surface area contributed by atoms with Gasteiger partial charge in [0.1, 0.15) is 0 Å². The summed E-state index contributed by atoms with van der Waals surface area (Å²) in [5, 5.41) is 0. The van der Waals surface area contributed by atoms with Crippen LogP contribution in [0.4, 0.5) is 0 Å². The van der Waals surface area contributed by atoms with Crippen molar-refractivity contribution in [2.45, 2.75) is 20.1 Å². The van der Waals surface area contributed by atoms with Gasteiger partial charge < -0.3 is 9.47 Å². The first-order chi connectivity index (χ1) is 9.99. The summed E-state index contributed by atoms with van der Waals surface area (Å²) in [5.74, 6) is -1.15. The monoisotopic (exact) mass is 292 g/mol. The molecular formula is C15H16O6. The summed E-state index contributed by atoms with van der Waals surface area (Å²) in [6, 6.07) is 0. The standard InChI is InChI=1S/C15H16O6/c1-12(18)20-15(21-13(2)19)9-7-5-3-4-6-8-14(10-16)11-17/h3-11,15H,1-2H3/b5-3+,6-4+,9-7+. The lowest BCUT2D eigenvalue weighted by Crippen LogP contribution is -2.19. The second-order valence-corrected chi connectivity index (χ2v) is 3.64. The van der Waals surface area contributed by atoms with Crippen LogP contribution in [0.1, 0.15) is 13.8 Å². The zero-order valence-corrected chi connectivity index (χ0v) is 11.7. The summed E-state index contributed by atoms with van der Waals surface area (Å²) >= 11 is 0. The first-order valence-corrected chi connectivity index (χ1v) is 5.96. The number of carbonyl (C=O) groups excluding carboxylic acids is 4. The minimum atomic E-state index is -1.08. The first-order valence-electron chi connectivity index (χ1n) is 5.96.